The van der Waals surface area contributed by atoms with Gasteiger partial charge in [-0.25, -0.2) is 4.98 Å². The minimum atomic E-state index is 0.675. The van der Waals surface area contributed by atoms with Crippen molar-refractivity contribution >= 4 is 6.08 Å². The van der Waals surface area contributed by atoms with Crippen molar-refractivity contribution in [3.63, 3.8) is 0 Å². The van der Waals surface area contributed by atoms with Gasteiger partial charge < -0.3 is 4.42 Å². The quantitative estimate of drug-likeness (QED) is 0.711. The van der Waals surface area contributed by atoms with Crippen molar-refractivity contribution in [2.75, 3.05) is 0 Å². The lowest BCUT2D eigenvalue weighted by Gasteiger charge is -1.89. The Morgan fingerprint density at radius 1 is 1.36 bits per heavy atom. The fourth-order valence-electron chi connectivity index (χ4n) is 1.38. The van der Waals surface area contributed by atoms with Gasteiger partial charge in [-0.05, 0) is 25.8 Å². The number of hydrogen-bond donors (Lipinski definition) is 0. The van der Waals surface area contributed by atoms with Gasteiger partial charge in [0.05, 0.1) is 5.69 Å². The topological polar surface area (TPSA) is 26.0 Å². The molecular formula is C12H19NO. The molecule has 0 radical (unpaired) electrons. The Morgan fingerprint density at radius 3 is 2.50 bits per heavy atom. The average Bonchev–Trinajstić information content (AvgIpc) is 2.96. The van der Waals surface area contributed by atoms with Crippen LogP contribution in [0.25, 0.3) is 6.08 Å². The predicted octanol–water partition coefficient (Wildman–Crippen LogP) is 3.92. The second-order valence-corrected chi connectivity index (χ2v) is 3.26. The molecule has 0 N–H and O–H groups in total. The van der Waals surface area contributed by atoms with Gasteiger partial charge in [-0.15, -0.1) is 0 Å². The smallest absolute Gasteiger partial charge is 0.192 e. The summed E-state index contributed by atoms with van der Waals surface area (Å²) in [4.78, 5) is 4.37. The maximum Gasteiger partial charge on any atom is 0.192 e. The molecule has 0 saturated heterocycles. The van der Waals surface area contributed by atoms with Gasteiger partial charge in [0.15, 0.2) is 11.7 Å². The van der Waals surface area contributed by atoms with E-state index in [1.165, 1.54) is 12.8 Å². The minimum absolute atomic E-state index is 0.675. The minimum Gasteiger partial charge on any atom is -0.441 e. The highest BCUT2D eigenvalue weighted by molar-refractivity contribution is 5.47. The number of hydrogen-bond acceptors (Lipinski definition) is 2. The SMILES string of the molecule is C/C=C\c1oc(C)nc1C1CC1.CC. The molecule has 0 bridgehead atoms. The Balaban J connectivity index is 0.000000461. The van der Waals surface area contributed by atoms with Crippen LogP contribution in [-0.2, 0) is 0 Å². The summed E-state index contributed by atoms with van der Waals surface area (Å²) in [5, 5.41) is 0. The number of allylic oxidation sites excluding steroid dienone is 1. The van der Waals surface area contributed by atoms with Crippen molar-refractivity contribution in [3.8, 4) is 0 Å². The monoisotopic (exact) mass is 193 g/mol. The maximum atomic E-state index is 5.46. The van der Waals surface area contributed by atoms with E-state index in [2.05, 4.69) is 4.98 Å². The van der Waals surface area contributed by atoms with Crippen molar-refractivity contribution in [1.82, 2.24) is 4.98 Å². The van der Waals surface area contributed by atoms with E-state index in [1.807, 2.05) is 39.8 Å². The number of aryl methyl sites for hydroxylation is 1. The third-order valence-electron chi connectivity index (χ3n) is 2.07. The first kappa shape index (κ1) is 11.0. The Bertz CT molecular complexity index is 308. The second-order valence-electron chi connectivity index (χ2n) is 3.26. The molecule has 1 aliphatic carbocycles. The highest BCUT2D eigenvalue weighted by Crippen LogP contribution is 2.41. The summed E-state index contributed by atoms with van der Waals surface area (Å²) in [5.41, 5.74) is 1.16. The van der Waals surface area contributed by atoms with Crippen LogP contribution < -0.4 is 0 Å². The van der Waals surface area contributed by atoms with Crippen molar-refractivity contribution in [2.45, 2.75) is 46.5 Å². The molecule has 1 aliphatic rings. The van der Waals surface area contributed by atoms with Gasteiger partial charge in [-0.1, -0.05) is 19.9 Å². The maximum absolute atomic E-state index is 5.46. The number of nitrogens with zero attached hydrogens (tertiary/aromatic N) is 1. The van der Waals surface area contributed by atoms with E-state index in [0.29, 0.717) is 5.92 Å². The lowest BCUT2D eigenvalue weighted by molar-refractivity contribution is 0.512. The largest absolute Gasteiger partial charge is 0.441 e. The Kier molecular flexibility index (Phi) is 3.93. The van der Waals surface area contributed by atoms with Gasteiger partial charge in [-0.2, -0.15) is 0 Å². The fraction of sp³-hybridized carbons (Fsp3) is 0.583. The summed E-state index contributed by atoms with van der Waals surface area (Å²) in [7, 11) is 0. The van der Waals surface area contributed by atoms with Gasteiger partial charge >= 0.3 is 0 Å². The fourth-order valence-corrected chi connectivity index (χ4v) is 1.38. The molecule has 1 saturated carbocycles. The van der Waals surface area contributed by atoms with Crippen molar-refractivity contribution < 1.29 is 4.42 Å². The highest BCUT2D eigenvalue weighted by Gasteiger charge is 2.29. The Morgan fingerprint density at radius 2 is 2.00 bits per heavy atom. The first-order valence-electron chi connectivity index (χ1n) is 5.41. The molecule has 2 heteroatoms. The summed E-state index contributed by atoms with van der Waals surface area (Å²) >= 11 is 0. The molecule has 1 aromatic heterocycles. The molecule has 0 spiro atoms. The molecule has 0 aromatic carbocycles. The number of rotatable bonds is 2. The Hall–Kier alpha value is -1.05. The van der Waals surface area contributed by atoms with Gasteiger partial charge in [0, 0.05) is 12.8 Å². The van der Waals surface area contributed by atoms with Gasteiger partial charge in [-0.3, -0.25) is 0 Å². The van der Waals surface area contributed by atoms with Crippen LogP contribution in [0.4, 0.5) is 0 Å². The van der Waals surface area contributed by atoms with Crippen molar-refractivity contribution in [3.05, 3.63) is 23.4 Å². The lowest BCUT2D eigenvalue weighted by atomic mass is 10.2. The molecule has 1 heterocycles. The first-order chi connectivity index (χ1) is 6.81. The molecule has 0 unspecified atom stereocenters. The van der Waals surface area contributed by atoms with E-state index in [0.717, 1.165) is 17.3 Å². The summed E-state index contributed by atoms with van der Waals surface area (Å²) in [5.74, 6) is 2.41. The normalized spacial score (nSPS) is 15.4. The molecule has 1 aromatic rings. The van der Waals surface area contributed by atoms with E-state index in [1.54, 1.807) is 0 Å². The van der Waals surface area contributed by atoms with Crippen molar-refractivity contribution in [2.24, 2.45) is 0 Å². The molecule has 2 nitrogen and oxygen atoms in total. The third kappa shape index (κ3) is 2.47. The van der Waals surface area contributed by atoms with Crippen LogP contribution in [0.5, 0.6) is 0 Å². The summed E-state index contributed by atoms with van der Waals surface area (Å²) in [6.45, 7) is 7.90. The molecule has 78 valence electrons. The van der Waals surface area contributed by atoms with E-state index >= 15 is 0 Å². The summed E-state index contributed by atoms with van der Waals surface area (Å²) < 4.78 is 5.46. The van der Waals surface area contributed by atoms with Crippen LogP contribution in [0, 0.1) is 6.92 Å². The highest BCUT2D eigenvalue weighted by atomic mass is 16.4. The Labute approximate surface area is 86.0 Å². The molecule has 0 amide bonds. The van der Waals surface area contributed by atoms with Gasteiger partial charge in [0.2, 0.25) is 0 Å². The van der Waals surface area contributed by atoms with Gasteiger partial charge in [0.1, 0.15) is 0 Å². The van der Waals surface area contributed by atoms with E-state index in [4.69, 9.17) is 4.42 Å². The number of aromatic nitrogens is 1. The third-order valence-corrected chi connectivity index (χ3v) is 2.07. The van der Waals surface area contributed by atoms with E-state index in [9.17, 15) is 0 Å². The molecule has 0 aliphatic heterocycles. The zero-order chi connectivity index (χ0) is 10.6. The summed E-state index contributed by atoms with van der Waals surface area (Å²) in [6, 6.07) is 0. The van der Waals surface area contributed by atoms with Crippen molar-refractivity contribution in [1.29, 1.82) is 0 Å². The van der Waals surface area contributed by atoms with Crippen LogP contribution in [0.1, 0.15) is 56.9 Å². The summed E-state index contributed by atoms with van der Waals surface area (Å²) in [6.07, 6.45) is 6.53. The second kappa shape index (κ2) is 4.99. The first-order valence-corrected chi connectivity index (χ1v) is 5.41. The van der Waals surface area contributed by atoms with Gasteiger partial charge in [0.25, 0.3) is 0 Å². The van der Waals surface area contributed by atoms with Crippen LogP contribution in [0.15, 0.2) is 10.5 Å². The number of oxazole rings is 1. The average molecular weight is 193 g/mol. The van der Waals surface area contributed by atoms with Crippen LogP contribution in [0.3, 0.4) is 0 Å². The predicted molar refractivity (Wildman–Crippen MR) is 59.3 cm³/mol. The van der Waals surface area contributed by atoms with Crippen LogP contribution >= 0.6 is 0 Å². The lowest BCUT2D eigenvalue weighted by Crippen LogP contribution is -1.81. The molecular weight excluding hydrogens is 174 g/mol. The zero-order valence-corrected chi connectivity index (χ0v) is 9.50. The van der Waals surface area contributed by atoms with Crippen LogP contribution in [0.2, 0.25) is 0 Å². The standard InChI is InChI=1S/C10H13NO.C2H6/c1-3-4-9-10(8-5-6-8)11-7(2)12-9;1-2/h3-4,8H,5-6H2,1-2H3;1-2H3/b4-3-;. The molecule has 2 rings (SSSR count). The van der Waals surface area contributed by atoms with E-state index in [-0.39, 0.29) is 0 Å². The molecule has 0 atom stereocenters. The molecule has 14 heavy (non-hydrogen) atoms. The molecule has 1 fully saturated rings. The van der Waals surface area contributed by atoms with Crippen LogP contribution in [-0.4, -0.2) is 4.98 Å². The van der Waals surface area contributed by atoms with E-state index < -0.39 is 0 Å². The zero-order valence-electron chi connectivity index (χ0n) is 9.50.